The number of aryl methyl sites for hydroxylation is 1. The molecule has 1 saturated heterocycles. The zero-order chi connectivity index (χ0) is 21.7. The number of nitrogens with zero attached hydrogens (tertiary/aromatic N) is 4. The number of rotatable bonds is 3. The summed E-state index contributed by atoms with van der Waals surface area (Å²) in [6, 6.07) is 9.05. The number of piperidine rings is 1. The first-order chi connectivity index (χ1) is 14.9. The fraction of sp³-hybridized carbons (Fsp3) is 0.375. The van der Waals surface area contributed by atoms with Crippen LogP contribution in [0.3, 0.4) is 0 Å². The summed E-state index contributed by atoms with van der Waals surface area (Å²) in [5, 5.41) is 13.3. The molecule has 0 saturated carbocycles. The first-order valence-corrected chi connectivity index (χ1v) is 11.0. The maximum absolute atomic E-state index is 7.67. The molecule has 0 atom stereocenters. The number of hydrogen-bond acceptors (Lipinski definition) is 3. The largest absolute Gasteiger partial charge is 0.370 e. The van der Waals surface area contributed by atoms with E-state index in [-0.39, 0.29) is 5.96 Å². The predicted molar refractivity (Wildman–Crippen MR) is 125 cm³/mol. The van der Waals surface area contributed by atoms with Crippen LogP contribution in [0.2, 0.25) is 0 Å². The van der Waals surface area contributed by atoms with E-state index in [9.17, 15) is 0 Å². The Kier molecular flexibility index (Phi) is 4.68. The van der Waals surface area contributed by atoms with E-state index in [1.54, 1.807) is 6.33 Å². The second-order valence-corrected chi connectivity index (χ2v) is 8.96. The first kappa shape index (κ1) is 19.6. The van der Waals surface area contributed by atoms with Crippen molar-refractivity contribution in [2.24, 2.45) is 5.73 Å². The SMILES string of the molecule is Cc1cc(-c2[nH]c3ccc(C4CCN(C(=N)N)CC4)cc3c2C(C)C)cn2ncnc12. The van der Waals surface area contributed by atoms with E-state index in [4.69, 9.17) is 11.1 Å². The fourth-order valence-corrected chi connectivity index (χ4v) is 5.00. The van der Waals surface area contributed by atoms with E-state index < -0.39 is 0 Å². The molecule has 1 aromatic carbocycles. The molecule has 4 aromatic rings. The highest BCUT2D eigenvalue weighted by Crippen LogP contribution is 2.38. The lowest BCUT2D eigenvalue weighted by Crippen LogP contribution is -2.41. The number of nitrogens with one attached hydrogen (secondary N) is 2. The van der Waals surface area contributed by atoms with Gasteiger partial charge in [-0.2, -0.15) is 5.10 Å². The molecule has 3 aromatic heterocycles. The van der Waals surface area contributed by atoms with Crippen LogP contribution in [0.15, 0.2) is 36.8 Å². The molecule has 1 aliphatic rings. The number of likely N-dealkylation sites (tertiary alicyclic amines) is 1. The third-order valence-corrected chi connectivity index (χ3v) is 6.60. The van der Waals surface area contributed by atoms with Crippen LogP contribution in [0, 0.1) is 12.3 Å². The van der Waals surface area contributed by atoms with Gasteiger partial charge >= 0.3 is 0 Å². The van der Waals surface area contributed by atoms with E-state index in [1.165, 1.54) is 22.0 Å². The van der Waals surface area contributed by atoms with Crippen LogP contribution in [-0.4, -0.2) is 43.5 Å². The van der Waals surface area contributed by atoms with Crippen LogP contribution in [0.4, 0.5) is 0 Å². The standard InChI is InChI=1S/C24H29N7/c1-14(2)21-19-11-17(16-6-8-30(9-7-16)24(25)26)4-5-20(19)29-22(21)18-10-15(3)23-27-13-28-31(23)12-18/h4-5,10-14,16,29H,6-9H2,1-3H3,(H3,25,26). The molecule has 0 aliphatic carbocycles. The van der Waals surface area contributed by atoms with E-state index in [0.29, 0.717) is 11.8 Å². The maximum atomic E-state index is 7.67. The molecule has 0 amide bonds. The van der Waals surface area contributed by atoms with Gasteiger partial charge in [0, 0.05) is 35.8 Å². The van der Waals surface area contributed by atoms with Gasteiger partial charge in [0.05, 0.1) is 5.69 Å². The van der Waals surface area contributed by atoms with Crippen molar-refractivity contribution in [3.05, 3.63) is 53.5 Å². The summed E-state index contributed by atoms with van der Waals surface area (Å²) >= 11 is 0. The lowest BCUT2D eigenvalue weighted by molar-refractivity contribution is 0.309. The maximum Gasteiger partial charge on any atom is 0.188 e. The van der Waals surface area contributed by atoms with Gasteiger partial charge in [0.1, 0.15) is 6.33 Å². The molecular weight excluding hydrogens is 386 g/mol. The number of nitrogens with two attached hydrogens (primary N) is 1. The summed E-state index contributed by atoms with van der Waals surface area (Å²) < 4.78 is 1.86. The van der Waals surface area contributed by atoms with Crippen LogP contribution >= 0.6 is 0 Å². The molecule has 1 aliphatic heterocycles. The molecule has 4 N–H and O–H groups in total. The van der Waals surface area contributed by atoms with Crippen LogP contribution in [0.5, 0.6) is 0 Å². The van der Waals surface area contributed by atoms with Gasteiger partial charge in [0.15, 0.2) is 11.6 Å². The van der Waals surface area contributed by atoms with Crippen LogP contribution < -0.4 is 5.73 Å². The molecule has 7 nitrogen and oxygen atoms in total. The second kappa shape index (κ2) is 7.41. The Morgan fingerprint density at radius 2 is 2.00 bits per heavy atom. The summed E-state index contributed by atoms with van der Waals surface area (Å²) in [6.07, 6.45) is 5.72. The van der Waals surface area contributed by atoms with Crippen molar-refractivity contribution in [3.63, 3.8) is 0 Å². The minimum absolute atomic E-state index is 0.186. The lowest BCUT2D eigenvalue weighted by atomic mass is 9.87. The van der Waals surface area contributed by atoms with Crippen LogP contribution in [0.1, 0.15) is 55.2 Å². The van der Waals surface area contributed by atoms with Crippen molar-refractivity contribution < 1.29 is 0 Å². The van der Waals surface area contributed by atoms with E-state index in [2.05, 4.69) is 66.3 Å². The van der Waals surface area contributed by atoms with Gasteiger partial charge in [-0.1, -0.05) is 19.9 Å². The van der Waals surface area contributed by atoms with Gasteiger partial charge in [0.25, 0.3) is 0 Å². The highest BCUT2D eigenvalue weighted by molar-refractivity contribution is 5.92. The van der Waals surface area contributed by atoms with Crippen molar-refractivity contribution in [3.8, 4) is 11.3 Å². The quantitative estimate of drug-likeness (QED) is 0.341. The normalized spacial score (nSPS) is 15.4. The number of guanidine groups is 1. The van der Waals surface area contributed by atoms with Gasteiger partial charge in [-0.15, -0.1) is 0 Å². The average Bonchev–Trinajstić information content (AvgIpc) is 3.38. The van der Waals surface area contributed by atoms with Gasteiger partial charge in [-0.25, -0.2) is 9.50 Å². The van der Waals surface area contributed by atoms with Crippen molar-refractivity contribution in [2.75, 3.05) is 13.1 Å². The molecule has 4 heterocycles. The zero-order valence-electron chi connectivity index (χ0n) is 18.3. The summed E-state index contributed by atoms with van der Waals surface area (Å²) in [6.45, 7) is 8.29. The molecule has 1 fully saturated rings. The number of hydrogen-bond donors (Lipinski definition) is 3. The molecule has 7 heteroatoms. The average molecular weight is 416 g/mol. The molecule has 160 valence electrons. The number of fused-ring (bicyclic) bond motifs is 2. The van der Waals surface area contributed by atoms with Gasteiger partial charge < -0.3 is 15.6 Å². The first-order valence-electron chi connectivity index (χ1n) is 11.0. The number of aromatic amines is 1. The Hall–Kier alpha value is -3.35. The van der Waals surface area contributed by atoms with Crippen LogP contribution in [-0.2, 0) is 0 Å². The van der Waals surface area contributed by atoms with Gasteiger partial charge in [0.2, 0.25) is 0 Å². The number of H-pyrrole nitrogens is 1. The summed E-state index contributed by atoms with van der Waals surface area (Å²) in [5.41, 5.74) is 13.9. The van der Waals surface area contributed by atoms with Gasteiger partial charge in [-0.05, 0) is 66.5 Å². The molecule has 0 bridgehead atoms. The zero-order valence-corrected chi connectivity index (χ0v) is 18.3. The van der Waals surface area contributed by atoms with Crippen LogP contribution in [0.25, 0.3) is 27.8 Å². The molecule has 5 rings (SSSR count). The smallest absolute Gasteiger partial charge is 0.188 e. The predicted octanol–water partition coefficient (Wildman–Crippen LogP) is 4.38. The molecule has 0 radical (unpaired) electrons. The minimum Gasteiger partial charge on any atom is -0.370 e. The Morgan fingerprint density at radius 1 is 1.23 bits per heavy atom. The Labute approximate surface area is 181 Å². The molecule has 0 unspecified atom stereocenters. The van der Waals surface area contributed by atoms with Crippen molar-refractivity contribution in [2.45, 2.75) is 45.4 Å². The minimum atomic E-state index is 0.186. The van der Waals surface area contributed by atoms with Crippen molar-refractivity contribution >= 4 is 22.5 Å². The second-order valence-electron chi connectivity index (χ2n) is 8.96. The van der Waals surface area contributed by atoms with Gasteiger partial charge in [-0.3, -0.25) is 5.41 Å². The summed E-state index contributed by atoms with van der Waals surface area (Å²) in [5.74, 6) is 1.07. The van der Waals surface area contributed by atoms with E-state index >= 15 is 0 Å². The number of pyridine rings is 1. The molecule has 0 spiro atoms. The van der Waals surface area contributed by atoms with E-state index in [0.717, 1.165) is 48.4 Å². The summed E-state index contributed by atoms with van der Waals surface area (Å²) in [7, 11) is 0. The molecular formula is C24H29N7. The lowest BCUT2D eigenvalue weighted by Gasteiger charge is -2.32. The Morgan fingerprint density at radius 3 is 2.71 bits per heavy atom. The third-order valence-electron chi connectivity index (χ3n) is 6.60. The number of aromatic nitrogens is 4. The van der Waals surface area contributed by atoms with Crippen molar-refractivity contribution in [1.29, 1.82) is 5.41 Å². The monoisotopic (exact) mass is 415 g/mol. The number of benzene rings is 1. The highest BCUT2D eigenvalue weighted by atomic mass is 15.3. The molecule has 31 heavy (non-hydrogen) atoms. The van der Waals surface area contributed by atoms with E-state index in [1.807, 2.05) is 9.42 Å². The Bertz CT molecular complexity index is 1270. The van der Waals surface area contributed by atoms with Crippen molar-refractivity contribution in [1.82, 2.24) is 24.5 Å². The Balaban J connectivity index is 1.57. The fourth-order valence-electron chi connectivity index (χ4n) is 5.00. The topological polar surface area (TPSA) is 99.1 Å². The highest BCUT2D eigenvalue weighted by Gasteiger charge is 2.23. The summed E-state index contributed by atoms with van der Waals surface area (Å²) in [4.78, 5) is 10.00. The third kappa shape index (κ3) is 3.34.